The van der Waals surface area contributed by atoms with Crippen molar-refractivity contribution in [2.75, 3.05) is 31.1 Å². The lowest BCUT2D eigenvalue weighted by Gasteiger charge is -2.35. The summed E-state index contributed by atoms with van der Waals surface area (Å²) in [5.74, 6) is 0.0930. The van der Waals surface area contributed by atoms with E-state index in [1.54, 1.807) is 11.4 Å². The second-order valence-electron chi connectivity index (χ2n) is 6.53. The summed E-state index contributed by atoms with van der Waals surface area (Å²) in [5, 5.41) is 2.35. The van der Waals surface area contributed by atoms with Crippen LogP contribution in [0.1, 0.15) is 33.3 Å². The molecule has 1 saturated heterocycles. The average molecular weight is 414 g/mol. The minimum atomic E-state index is -4.41. The topological polar surface area (TPSA) is 36.4 Å². The lowest BCUT2D eigenvalue weighted by atomic mass is 10.1. The van der Waals surface area contributed by atoms with Gasteiger partial charge >= 0.3 is 6.18 Å². The van der Waals surface area contributed by atoms with Gasteiger partial charge in [0.25, 0.3) is 0 Å². The van der Waals surface area contributed by atoms with Crippen molar-refractivity contribution in [2.45, 2.75) is 33.9 Å². The van der Waals surface area contributed by atoms with E-state index in [1.807, 2.05) is 37.5 Å². The van der Waals surface area contributed by atoms with Crippen LogP contribution in [0.25, 0.3) is 11.3 Å². The zero-order valence-electron chi connectivity index (χ0n) is 16.6. The third kappa shape index (κ3) is 5.04. The van der Waals surface area contributed by atoms with Crippen LogP contribution in [0.15, 0.2) is 29.6 Å². The first kappa shape index (κ1) is 22.2. The summed E-state index contributed by atoms with van der Waals surface area (Å²) in [7, 11) is 0. The molecule has 1 amide bonds. The Morgan fingerprint density at radius 1 is 1.11 bits per heavy atom. The van der Waals surface area contributed by atoms with Gasteiger partial charge in [-0.3, -0.25) is 4.79 Å². The zero-order chi connectivity index (χ0) is 20.9. The van der Waals surface area contributed by atoms with Crippen molar-refractivity contribution in [2.24, 2.45) is 5.92 Å². The maximum atomic E-state index is 13.2. The van der Waals surface area contributed by atoms with Crippen LogP contribution in [0.2, 0.25) is 0 Å². The van der Waals surface area contributed by atoms with E-state index < -0.39 is 11.7 Å². The number of nitrogens with zero attached hydrogens (tertiary/aromatic N) is 3. The van der Waals surface area contributed by atoms with Crippen molar-refractivity contribution in [3.05, 3.63) is 35.2 Å². The van der Waals surface area contributed by atoms with Crippen LogP contribution in [0.4, 0.5) is 18.3 Å². The predicted octanol–water partition coefficient (Wildman–Crippen LogP) is 5.16. The summed E-state index contributed by atoms with van der Waals surface area (Å²) in [4.78, 5) is 20.3. The normalized spacial score (nSPS) is 14.7. The molecule has 2 aromatic rings. The molecule has 0 saturated carbocycles. The van der Waals surface area contributed by atoms with E-state index in [9.17, 15) is 18.0 Å². The number of hydrogen-bond donors (Lipinski definition) is 0. The Hall–Kier alpha value is -2.09. The molecule has 0 bridgehead atoms. The molecule has 154 valence electrons. The molecule has 2 heterocycles. The number of amides is 1. The highest BCUT2D eigenvalue weighted by Gasteiger charge is 2.34. The van der Waals surface area contributed by atoms with Crippen molar-refractivity contribution in [3.63, 3.8) is 0 Å². The molecular weight excluding hydrogens is 387 g/mol. The quantitative estimate of drug-likeness (QED) is 0.697. The van der Waals surface area contributed by atoms with Gasteiger partial charge in [0.2, 0.25) is 5.91 Å². The van der Waals surface area contributed by atoms with E-state index in [0.717, 1.165) is 6.07 Å². The molecule has 0 N–H and O–H groups in total. The molecule has 1 aliphatic rings. The minimum Gasteiger partial charge on any atom is -0.345 e. The highest BCUT2D eigenvalue weighted by Crippen LogP contribution is 2.38. The summed E-state index contributed by atoms with van der Waals surface area (Å²) >= 11 is 1.33. The van der Waals surface area contributed by atoms with Crippen molar-refractivity contribution < 1.29 is 18.0 Å². The summed E-state index contributed by atoms with van der Waals surface area (Å²) in [5.41, 5.74) is -0.251. The molecule has 1 fully saturated rings. The molecule has 1 aliphatic heterocycles. The lowest BCUT2D eigenvalue weighted by molar-refractivity contribution is -0.137. The van der Waals surface area contributed by atoms with Crippen molar-refractivity contribution in [3.8, 4) is 11.3 Å². The van der Waals surface area contributed by atoms with Gasteiger partial charge in [-0.05, 0) is 6.07 Å². The number of hydrogen-bond acceptors (Lipinski definition) is 4. The van der Waals surface area contributed by atoms with Crippen LogP contribution in [0.3, 0.4) is 0 Å². The van der Waals surface area contributed by atoms with Crippen LogP contribution in [-0.4, -0.2) is 42.0 Å². The fraction of sp³-hybridized carbons (Fsp3) is 0.500. The molecule has 0 unspecified atom stereocenters. The predicted molar refractivity (Wildman–Crippen MR) is 108 cm³/mol. The van der Waals surface area contributed by atoms with Crippen molar-refractivity contribution in [1.29, 1.82) is 0 Å². The van der Waals surface area contributed by atoms with Gasteiger partial charge in [0.15, 0.2) is 5.13 Å². The Morgan fingerprint density at radius 2 is 1.71 bits per heavy atom. The summed E-state index contributed by atoms with van der Waals surface area (Å²) in [6, 6.07) is 5.48. The van der Waals surface area contributed by atoms with Crippen molar-refractivity contribution >= 4 is 22.4 Å². The third-order valence-corrected chi connectivity index (χ3v) is 5.26. The molecule has 0 aliphatic carbocycles. The number of thiazole rings is 1. The van der Waals surface area contributed by atoms with Gasteiger partial charge in [0.05, 0.1) is 11.3 Å². The van der Waals surface area contributed by atoms with Gasteiger partial charge in [-0.25, -0.2) is 4.98 Å². The van der Waals surface area contributed by atoms with Gasteiger partial charge in [-0.1, -0.05) is 45.9 Å². The third-order valence-electron chi connectivity index (χ3n) is 4.36. The number of benzene rings is 1. The first-order chi connectivity index (χ1) is 13.3. The van der Waals surface area contributed by atoms with E-state index in [1.165, 1.54) is 23.5 Å². The fourth-order valence-electron chi connectivity index (χ4n) is 2.97. The van der Waals surface area contributed by atoms with Gasteiger partial charge < -0.3 is 9.80 Å². The molecule has 0 radical (unpaired) electrons. The van der Waals surface area contributed by atoms with Gasteiger partial charge in [0, 0.05) is 43.0 Å². The second-order valence-corrected chi connectivity index (χ2v) is 7.36. The van der Waals surface area contributed by atoms with Gasteiger partial charge in [-0.2, -0.15) is 13.2 Å². The molecule has 28 heavy (non-hydrogen) atoms. The van der Waals surface area contributed by atoms with Crippen LogP contribution >= 0.6 is 11.3 Å². The van der Waals surface area contributed by atoms with E-state index in [2.05, 4.69) is 4.98 Å². The maximum absolute atomic E-state index is 13.2. The number of aromatic nitrogens is 1. The number of halogens is 3. The number of carbonyl (C=O) groups is 1. The Morgan fingerprint density at radius 3 is 2.29 bits per heavy atom. The Labute approximate surface area is 168 Å². The van der Waals surface area contributed by atoms with Crippen LogP contribution in [0, 0.1) is 5.92 Å². The molecule has 0 spiro atoms. The van der Waals surface area contributed by atoms with Crippen LogP contribution in [-0.2, 0) is 11.0 Å². The highest BCUT2D eigenvalue weighted by molar-refractivity contribution is 7.14. The number of carbonyl (C=O) groups excluding carboxylic acids is 1. The Balaban J connectivity index is 0.00000136. The number of rotatable bonds is 3. The molecule has 0 atom stereocenters. The summed E-state index contributed by atoms with van der Waals surface area (Å²) in [6.07, 6.45) is -4.41. The minimum absolute atomic E-state index is 0.0353. The summed E-state index contributed by atoms with van der Waals surface area (Å²) in [6.45, 7) is 10.2. The monoisotopic (exact) mass is 413 g/mol. The Kier molecular flexibility index (Phi) is 7.46. The van der Waals surface area contributed by atoms with Crippen LogP contribution in [0.5, 0.6) is 0 Å². The average Bonchev–Trinajstić information content (AvgIpc) is 3.18. The van der Waals surface area contributed by atoms with Crippen LogP contribution < -0.4 is 4.90 Å². The molecule has 8 heteroatoms. The van der Waals surface area contributed by atoms with Crippen molar-refractivity contribution in [1.82, 2.24) is 9.88 Å². The SMILES string of the molecule is CC.CC(C)C(=O)N1CCN(c2nc(-c3ccccc3C(F)(F)F)cs2)CC1. The fourth-order valence-corrected chi connectivity index (χ4v) is 3.85. The van der Waals surface area contributed by atoms with E-state index in [0.29, 0.717) is 37.0 Å². The number of anilines is 1. The number of piperazine rings is 1. The molecule has 4 nitrogen and oxygen atoms in total. The van der Waals surface area contributed by atoms with Gasteiger partial charge in [-0.15, -0.1) is 11.3 Å². The molecule has 3 rings (SSSR count). The zero-order valence-corrected chi connectivity index (χ0v) is 17.4. The van der Waals surface area contributed by atoms with E-state index in [4.69, 9.17) is 0 Å². The van der Waals surface area contributed by atoms with Gasteiger partial charge in [0.1, 0.15) is 0 Å². The van der Waals surface area contributed by atoms with E-state index >= 15 is 0 Å². The highest BCUT2D eigenvalue weighted by atomic mass is 32.1. The largest absolute Gasteiger partial charge is 0.417 e. The maximum Gasteiger partial charge on any atom is 0.417 e. The summed E-state index contributed by atoms with van der Waals surface area (Å²) < 4.78 is 39.6. The first-order valence-electron chi connectivity index (χ1n) is 9.43. The Bertz CT molecular complexity index is 781. The second kappa shape index (κ2) is 9.41. The number of alkyl halides is 3. The standard InChI is InChI=1S/C18H20F3N3OS.C2H6/c1-12(2)16(25)23-7-9-24(10-8-23)17-22-15(11-26-17)13-5-3-4-6-14(13)18(19,20)21;1-2/h3-6,11-12H,7-10H2,1-2H3;1-2H3. The molecule has 1 aromatic carbocycles. The molecule has 1 aromatic heterocycles. The lowest BCUT2D eigenvalue weighted by Crippen LogP contribution is -2.49. The first-order valence-corrected chi connectivity index (χ1v) is 10.3. The molecular formula is C20H26F3N3OS. The van der Waals surface area contributed by atoms with E-state index in [-0.39, 0.29) is 17.4 Å². The smallest absolute Gasteiger partial charge is 0.345 e.